The lowest BCUT2D eigenvalue weighted by Gasteiger charge is -2.25. The van der Waals surface area contributed by atoms with Gasteiger partial charge in [-0.1, -0.05) is 19.3 Å². The van der Waals surface area contributed by atoms with Crippen LogP contribution in [0, 0.1) is 5.92 Å². The number of rotatable bonds is 4. The molecule has 0 bridgehead atoms. The zero-order valence-corrected chi connectivity index (χ0v) is 10.1. The monoisotopic (exact) mass is 234 g/mol. The number of carbonyl (C=O) groups excluding carboxylic acids is 1. The van der Waals surface area contributed by atoms with Gasteiger partial charge >= 0.3 is 0 Å². The summed E-state index contributed by atoms with van der Waals surface area (Å²) in [6.07, 6.45) is 6.58. The van der Waals surface area contributed by atoms with Crippen LogP contribution < -0.4 is 10.9 Å². The molecule has 1 saturated carbocycles. The van der Waals surface area contributed by atoms with Crippen molar-refractivity contribution in [2.75, 3.05) is 6.54 Å². The second-order valence-electron chi connectivity index (χ2n) is 4.71. The van der Waals surface area contributed by atoms with E-state index >= 15 is 0 Å². The van der Waals surface area contributed by atoms with Gasteiger partial charge in [-0.15, -0.1) is 0 Å². The van der Waals surface area contributed by atoms with Gasteiger partial charge in [0.1, 0.15) is 0 Å². The van der Waals surface area contributed by atoms with Crippen LogP contribution in [-0.2, 0) is 7.05 Å². The summed E-state index contributed by atoms with van der Waals surface area (Å²) in [5, 5.41) is 2.86. The molecule has 1 aliphatic rings. The molecular formula is C13H18N2O2. The minimum atomic E-state index is -0.156. The van der Waals surface area contributed by atoms with Crippen LogP contribution >= 0.6 is 0 Å². The maximum absolute atomic E-state index is 11.7. The van der Waals surface area contributed by atoms with Gasteiger partial charge in [0.15, 0.2) is 0 Å². The third-order valence-electron chi connectivity index (χ3n) is 3.43. The highest BCUT2D eigenvalue weighted by Gasteiger charge is 2.17. The maximum Gasteiger partial charge on any atom is 0.251 e. The van der Waals surface area contributed by atoms with Gasteiger partial charge in [0.25, 0.3) is 11.5 Å². The minimum Gasteiger partial charge on any atom is -0.352 e. The largest absolute Gasteiger partial charge is 0.352 e. The quantitative estimate of drug-likeness (QED) is 0.853. The molecule has 1 aromatic rings. The molecule has 1 aromatic heterocycles. The first-order valence-electron chi connectivity index (χ1n) is 6.11. The fourth-order valence-electron chi connectivity index (χ4n) is 1.96. The van der Waals surface area contributed by atoms with Gasteiger partial charge in [-0.25, -0.2) is 0 Å². The molecule has 4 nitrogen and oxygen atoms in total. The summed E-state index contributed by atoms with van der Waals surface area (Å²) in [5.74, 6) is 0.640. The fraction of sp³-hybridized carbons (Fsp3) is 0.538. The molecule has 0 aliphatic heterocycles. The average molecular weight is 234 g/mol. The van der Waals surface area contributed by atoms with Crippen LogP contribution in [0.25, 0.3) is 0 Å². The lowest BCUT2D eigenvalue weighted by atomic mass is 9.83. The molecule has 1 N–H and O–H groups in total. The molecule has 1 amide bonds. The molecule has 1 aliphatic carbocycles. The number of nitrogens with zero attached hydrogens (tertiary/aromatic N) is 1. The Labute approximate surface area is 101 Å². The molecule has 1 heterocycles. The predicted octanol–water partition coefficient (Wildman–Crippen LogP) is 1.31. The maximum atomic E-state index is 11.7. The number of aromatic nitrogens is 1. The highest BCUT2D eigenvalue weighted by atomic mass is 16.2. The highest BCUT2D eigenvalue weighted by Crippen LogP contribution is 2.28. The van der Waals surface area contributed by atoms with Crippen molar-refractivity contribution in [1.82, 2.24) is 9.88 Å². The molecule has 1 fully saturated rings. The molecular weight excluding hydrogens is 216 g/mol. The Morgan fingerprint density at radius 2 is 2.29 bits per heavy atom. The van der Waals surface area contributed by atoms with Crippen LogP contribution in [0.1, 0.15) is 36.0 Å². The van der Waals surface area contributed by atoms with E-state index in [1.54, 1.807) is 19.3 Å². The number of amides is 1. The van der Waals surface area contributed by atoms with E-state index in [1.165, 1.54) is 29.9 Å². The Hall–Kier alpha value is -1.58. The first-order chi connectivity index (χ1) is 8.16. The summed E-state index contributed by atoms with van der Waals surface area (Å²) < 4.78 is 1.45. The standard InChI is InChI=1S/C13H18N2O2/c1-15-8-6-11(9-12(15)16)13(17)14-7-5-10-3-2-4-10/h6,8-10H,2-5,7H2,1H3,(H,14,17). The van der Waals surface area contributed by atoms with Gasteiger partial charge in [0.05, 0.1) is 0 Å². The molecule has 0 unspecified atom stereocenters. The van der Waals surface area contributed by atoms with Gasteiger partial charge in [0, 0.05) is 31.4 Å². The second-order valence-corrected chi connectivity index (χ2v) is 4.71. The van der Waals surface area contributed by atoms with E-state index in [0.717, 1.165) is 12.3 Å². The van der Waals surface area contributed by atoms with E-state index in [1.807, 2.05) is 0 Å². The number of aryl methyl sites for hydroxylation is 1. The van der Waals surface area contributed by atoms with Gasteiger partial charge < -0.3 is 9.88 Å². The minimum absolute atomic E-state index is 0.151. The number of carbonyl (C=O) groups is 1. The first-order valence-corrected chi connectivity index (χ1v) is 6.11. The van der Waals surface area contributed by atoms with Crippen LogP contribution in [0.3, 0.4) is 0 Å². The smallest absolute Gasteiger partial charge is 0.251 e. The third kappa shape index (κ3) is 2.96. The van der Waals surface area contributed by atoms with Crippen molar-refractivity contribution < 1.29 is 4.79 Å². The van der Waals surface area contributed by atoms with E-state index in [0.29, 0.717) is 12.1 Å². The summed E-state index contributed by atoms with van der Waals surface area (Å²) in [6.45, 7) is 0.707. The van der Waals surface area contributed by atoms with Gasteiger partial charge in [-0.3, -0.25) is 9.59 Å². The van der Waals surface area contributed by atoms with Crippen LogP contribution in [-0.4, -0.2) is 17.0 Å². The SMILES string of the molecule is Cn1ccc(C(=O)NCCC2CCC2)cc1=O. The summed E-state index contributed by atoms with van der Waals surface area (Å²) >= 11 is 0. The fourth-order valence-corrected chi connectivity index (χ4v) is 1.96. The van der Waals surface area contributed by atoms with E-state index in [2.05, 4.69) is 5.32 Å². The zero-order chi connectivity index (χ0) is 12.3. The Morgan fingerprint density at radius 3 is 2.88 bits per heavy atom. The molecule has 17 heavy (non-hydrogen) atoms. The van der Waals surface area contributed by atoms with Gasteiger partial charge in [-0.2, -0.15) is 0 Å². The van der Waals surface area contributed by atoms with Gasteiger partial charge in [0.2, 0.25) is 0 Å². The van der Waals surface area contributed by atoms with E-state index in [4.69, 9.17) is 0 Å². The van der Waals surface area contributed by atoms with Crippen LogP contribution in [0.2, 0.25) is 0 Å². The van der Waals surface area contributed by atoms with Crippen molar-refractivity contribution >= 4 is 5.91 Å². The average Bonchev–Trinajstić information content (AvgIpc) is 2.25. The van der Waals surface area contributed by atoms with Crippen molar-refractivity contribution in [3.05, 3.63) is 34.2 Å². The third-order valence-corrected chi connectivity index (χ3v) is 3.43. The predicted molar refractivity (Wildman–Crippen MR) is 66.0 cm³/mol. The summed E-state index contributed by atoms with van der Waals surface area (Å²) in [6, 6.07) is 3.04. The number of pyridine rings is 1. The topological polar surface area (TPSA) is 51.1 Å². The Kier molecular flexibility index (Phi) is 3.61. The molecule has 2 rings (SSSR count). The van der Waals surface area contributed by atoms with Crippen molar-refractivity contribution in [1.29, 1.82) is 0 Å². The van der Waals surface area contributed by atoms with Crippen molar-refractivity contribution in [3.63, 3.8) is 0 Å². The van der Waals surface area contributed by atoms with Gasteiger partial charge in [-0.05, 0) is 18.4 Å². The van der Waals surface area contributed by atoms with Crippen molar-refractivity contribution in [2.24, 2.45) is 13.0 Å². The summed E-state index contributed by atoms with van der Waals surface area (Å²) in [5.41, 5.74) is 0.290. The van der Waals surface area contributed by atoms with Crippen LogP contribution in [0.4, 0.5) is 0 Å². The van der Waals surface area contributed by atoms with Crippen LogP contribution in [0.15, 0.2) is 23.1 Å². The number of hydrogen-bond donors (Lipinski definition) is 1. The van der Waals surface area contributed by atoms with Crippen molar-refractivity contribution in [3.8, 4) is 0 Å². The van der Waals surface area contributed by atoms with Crippen molar-refractivity contribution in [2.45, 2.75) is 25.7 Å². The summed E-state index contributed by atoms with van der Waals surface area (Å²) in [7, 11) is 1.67. The molecule has 0 aromatic carbocycles. The molecule has 4 heteroatoms. The number of hydrogen-bond acceptors (Lipinski definition) is 2. The number of nitrogens with one attached hydrogen (secondary N) is 1. The lowest BCUT2D eigenvalue weighted by Crippen LogP contribution is -2.28. The molecule has 0 spiro atoms. The first kappa shape index (κ1) is 11.9. The van der Waals surface area contributed by atoms with E-state index in [-0.39, 0.29) is 11.5 Å². The molecule has 92 valence electrons. The lowest BCUT2D eigenvalue weighted by molar-refractivity contribution is 0.0948. The Bertz CT molecular complexity index is 461. The Balaban J connectivity index is 1.85. The Morgan fingerprint density at radius 1 is 1.53 bits per heavy atom. The molecule has 0 atom stereocenters. The molecule has 0 saturated heterocycles. The second kappa shape index (κ2) is 5.17. The van der Waals surface area contributed by atoms with Crippen LogP contribution in [0.5, 0.6) is 0 Å². The summed E-state index contributed by atoms with van der Waals surface area (Å²) in [4.78, 5) is 23.1. The molecule has 0 radical (unpaired) electrons. The normalized spacial score (nSPS) is 15.4. The van der Waals surface area contributed by atoms with E-state index in [9.17, 15) is 9.59 Å². The van der Waals surface area contributed by atoms with E-state index < -0.39 is 0 Å². The highest BCUT2D eigenvalue weighted by molar-refractivity contribution is 5.93. The zero-order valence-electron chi connectivity index (χ0n) is 10.1.